The first-order valence-corrected chi connectivity index (χ1v) is 9.91. The number of hydrogen-bond acceptors (Lipinski definition) is 6. The molecule has 11 heteroatoms. The van der Waals surface area contributed by atoms with E-state index >= 15 is 0 Å². The molecule has 1 saturated carbocycles. The van der Waals surface area contributed by atoms with Crippen LogP contribution >= 0.6 is 0 Å². The van der Waals surface area contributed by atoms with Crippen LogP contribution in [0.1, 0.15) is 53.5 Å². The van der Waals surface area contributed by atoms with E-state index in [1.165, 1.54) is 0 Å². The van der Waals surface area contributed by atoms with Crippen LogP contribution in [0.15, 0.2) is 30.7 Å². The zero-order valence-corrected chi connectivity index (χ0v) is 17.3. The first-order valence-electron chi connectivity index (χ1n) is 9.91. The first kappa shape index (κ1) is 21.9. The third-order valence-corrected chi connectivity index (χ3v) is 4.86. The number of fused-ring (bicyclic) bond motifs is 1. The van der Waals surface area contributed by atoms with Crippen LogP contribution in [-0.2, 0) is 11.8 Å². The van der Waals surface area contributed by atoms with Gasteiger partial charge >= 0.3 is 0 Å². The van der Waals surface area contributed by atoms with Crippen LogP contribution in [0.2, 0.25) is 0 Å². The molecule has 0 bridgehead atoms. The zero-order valence-electron chi connectivity index (χ0n) is 17.3. The summed E-state index contributed by atoms with van der Waals surface area (Å²) in [6.45, 7) is 1.08. The van der Waals surface area contributed by atoms with E-state index in [9.17, 15) is 9.59 Å². The fraction of sp³-hybridized carbons (Fsp3) is 0.400. The first-order chi connectivity index (χ1) is 14.8. The summed E-state index contributed by atoms with van der Waals surface area (Å²) < 4.78 is 1.74. The molecule has 0 saturated heterocycles. The second kappa shape index (κ2) is 9.83. The highest BCUT2D eigenvalue weighted by Gasteiger charge is 2.25. The topological polar surface area (TPSA) is 155 Å². The number of aromatic nitrogens is 5. The fourth-order valence-electron chi connectivity index (χ4n) is 3.49. The van der Waals surface area contributed by atoms with Crippen LogP contribution in [0, 0.1) is 0 Å². The molecule has 1 aliphatic rings. The van der Waals surface area contributed by atoms with Gasteiger partial charge in [0, 0.05) is 37.8 Å². The van der Waals surface area contributed by atoms with E-state index in [2.05, 4.69) is 31.0 Å². The van der Waals surface area contributed by atoms with Gasteiger partial charge in [0.25, 0.3) is 17.8 Å². The molecule has 2 atom stereocenters. The molecule has 1 aliphatic carbocycles. The summed E-state index contributed by atoms with van der Waals surface area (Å²) in [6, 6.07) is 5.27. The number of benzene rings is 1. The molecule has 4 rings (SSSR count). The Labute approximate surface area is 178 Å². The number of carbonyl (C=O) groups is 3. The lowest BCUT2D eigenvalue weighted by molar-refractivity contribution is -0.134. The third-order valence-electron chi connectivity index (χ3n) is 4.86. The van der Waals surface area contributed by atoms with Crippen LogP contribution < -0.4 is 10.6 Å². The summed E-state index contributed by atoms with van der Waals surface area (Å²) in [5.74, 6) is -1.15. The number of amides is 2. The Morgan fingerprint density at radius 2 is 1.74 bits per heavy atom. The van der Waals surface area contributed by atoms with Gasteiger partial charge < -0.3 is 20.3 Å². The van der Waals surface area contributed by atoms with Crippen LogP contribution in [0.4, 0.5) is 0 Å². The number of aromatic amines is 1. The number of aliphatic carboxylic acids is 1. The Balaban J connectivity index is 0.000000628. The molecule has 31 heavy (non-hydrogen) atoms. The number of nitrogens with one attached hydrogen (secondary N) is 3. The minimum atomic E-state index is -0.833. The summed E-state index contributed by atoms with van der Waals surface area (Å²) in [7, 11) is 1.83. The molecule has 3 aromatic rings. The summed E-state index contributed by atoms with van der Waals surface area (Å²) in [5, 5.41) is 24.1. The number of carbonyl (C=O) groups excluding carboxylic acids is 2. The van der Waals surface area contributed by atoms with E-state index in [1.54, 1.807) is 35.3 Å². The maximum atomic E-state index is 12.6. The fourth-order valence-corrected chi connectivity index (χ4v) is 3.49. The molecule has 0 radical (unpaired) electrons. The Morgan fingerprint density at radius 3 is 2.39 bits per heavy atom. The maximum Gasteiger partial charge on any atom is 0.300 e. The van der Waals surface area contributed by atoms with Gasteiger partial charge in [-0.25, -0.2) is 4.98 Å². The van der Waals surface area contributed by atoms with Crippen molar-refractivity contribution < 1.29 is 19.5 Å². The highest BCUT2D eigenvalue weighted by molar-refractivity contribution is 5.97. The van der Waals surface area contributed by atoms with Crippen LogP contribution in [0.25, 0.3) is 11.0 Å². The van der Waals surface area contributed by atoms with E-state index in [0.717, 1.165) is 31.7 Å². The zero-order chi connectivity index (χ0) is 22.4. The lowest BCUT2D eigenvalue weighted by Crippen LogP contribution is -2.45. The van der Waals surface area contributed by atoms with Gasteiger partial charge in [-0.15, -0.1) is 0 Å². The molecule has 0 aliphatic heterocycles. The summed E-state index contributed by atoms with van der Waals surface area (Å²) in [5.41, 5.74) is 2.34. The number of imidazole rings is 1. The number of rotatable bonds is 4. The lowest BCUT2D eigenvalue weighted by atomic mass is 9.90. The molecule has 2 aromatic heterocycles. The quantitative estimate of drug-likeness (QED) is 0.488. The molecule has 2 heterocycles. The average molecular weight is 427 g/mol. The number of hydrogen-bond donors (Lipinski definition) is 4. The Kier molecular flexibility index (Phi) is 6.96. The molecule has 4 N–H and O–H groups in total. The van der Waals surface area contributed by atoms with E-state index in [4.69, 9.17) is 9.90 Å². The molecule has 1 fully saturated rings. The van der Waals surface area contributed by atoms with Crippen molar-refractivity contribution in [1.29, 1.82) is 0 Å². The molecule has 0 unspecified atom stereocenters. The highest BCUT2D eigenvalue weighted by Crippen LogP contribution is 2.20. The maximum absolute atomic E-state index is 12.6. The largest absolute Gasteiger partial charge is 0.481 e. The summed E-state index contributed by atoms with van der Waals surface area (Å²) in [4.78, 5) is 37.9. The number of carboxylic acid groups (broad SMARTS) is 1. The van der Waals surface area contributed by atoms with E-state index in [-0.39, 0.29) is 23.9 Å². The molecular weight excluding hydrogens is 402 g/mol. The van der Waals surface area contributed by atoms with Crippen molar-refractivity contribution in [3.05, 3.63) is 42.0 Å². The van der Waals surface area contributed by atoms with Crippen molar-refractivity contribution >= 4 is 28.8 Å². The average Bonchev–Trinajstić information content (AvgIpc) is 3.36. The van der Waals surface area contributed by atoms with Gasteiger partial charge in [0.1, 0.15) is 16.7 Å². The minimum Gasteiger partial charge on any atom is -0.481 e. The number of nitrogens with zero attached hydrogens (tertiary/aromatic N) is 4. The summed E-state index contributed by atoms with van der Waals surface area (Å²) >= 11 is 0. The van der Waals surface area contributed by atoms with Crippen molar-refractivity contribution in [3.63, 3.8) is 0 Å². The molecule has 1 aromatic carbocycles. The van der Waals surface area contributed by atoms with Crippen molar-refractivity contribution in [1.82, 2.24) is 35.6 Å². The highest BCUT2D eigenvalue weighted by atomic mass is 16.4. The minimum absolute atomic E-state index is 0.0216. The predicted octanol–water partition coefficient (Wildman–Crippen LogP) is 1.25. The molecule has 11 nitrogen and oxygen atoms in total. The molecular formula is C20H25N7O4. The number of aryl methyl sites for hydroxylation is 1. The van der Waals surface area contributed by atoms with E-state index in [1.807, 2.05) is 7.05 Å². The Hall–Kier alpha value is -3.76. The van der Waals surface area contributed by atoms with Crippen molar-refractivity contribution in [2.45, 2.75) is 44.7 Å². The second-order valence-electron chi connectivity index (χ2n) is 7.48. The number of carboxylic acids is 1. The van der Waals surface area contributed by atoms with Crippen LogP contribution in [-0.4, -0.2) is 59.9 Å². The standard InChI is InChI=1S/C18H21N7O2.C2H4O2/c1-25-9-16(19-10-25)18(27)21-13-4-2-3-12(8-13)20-17(26)11-5-6-14-15(7-11)23-24-22-14;1-2(3)4/h5-7,9-10,12-13H,2-4,8H2,1H3,(H,20,26)(H,21,27)(H,22,23,24);1H3,(H,3,4)/t12-,13-;/m1./s1. The van der Waals surface area contributed by atoms with Gasteiger partial charge in [0.2, 0.25) is 0 Å². The predicted molar refractivity (Wildman–Crippen MR) is 111 cm³/mol. The van der Waals surface area contributed by atoms with Gasteiger partial charge in [-0.05, 0) is 43.9 Å². The Bertz CT molecular complexity index is 1070. The lowest BCUT2D eigenvalue weighted by Gasteiger charge is -2.30. The van der Waals surface area contributed by atoms with Crippen LogP contribution in [0.3, 0.4) is 0 Å². The van der Waals surface area contributed by atoms with E-state index in [0.29, 0.717) is 23.2 Å². The van der Waals surface area contributed by atoms with Gasteiger partial charge in [-0.2, -0.15) is 15.4 Å². The van der Waals surface area contributed by atoms with Gasteiger partial charge in [-0.3, -0.25) is 14.4 Å². The van der Waals surface area contributed by atoms with Crippen LogP contribution in [0.5, 0.6) is 0 Å². The van der Waals surface area contributed by atoms with Gasteiger partial charge in [0.05, 0.1) is 6.33 Å². The van der Waals surface area contributed by atoms with Crippen molar-refractivity contribution in [2.75, 3.05) is 0 Å². The van der Waals surface area contributed by atoms with E-state index < -0.39 is 5.97 Å². The molecule has 0 spiro atoms. The molecule has 164 valence electrons. The number of H-pyrrole nitrogens is 1. The summed E-state index contributed by atoms with van der Waals surface area (Å²) in [6.07, 6.45) is 6.74. The third kappa shape index (κ3) is 6.11. The SMILES string of the molecule is CC(=O)O.Cn1cnc(C(=O)N[C@@H]2CCC[C@@H](NC(=O)c3ccc4n[nH]nc4c3)C2)c1. The van der Waals surface area contributed by atoms with Crippen molar-refractivity contribution in [3.8, 4) is 0 Å². The molecule has 2 amide bonds. The Morgan fingerprint density at radius 1 is 1.10 bits per heavy atom. The second-order valence-corrected chi connectivity index (χ2v) is 7.48. The van der Waals surface area contributed by atoms with Gasteiger partial charge in [-0.1, -0.05) is 0 Å². The monoisotopic (exact) mass is 427 g/mol. The smallest absolute Gasteiger partial charge is 0.300 e. The normalized spacial score (nSPS) is 18.0. The van der Waals surface area contributed by atoms with Gasteiger partial charge in [0.15, 0.2) is 0 Å². The van der Waals surface area contributed by atoms with Crippen molar-refractivity contribution in [2.24, 2.45) is 7.05 Å².